The summed E-state index contributed by atoms with van der Waals surface area (Å²) in [6, 6.07) is -0.758. The van der Waals surface area contributed by atoms with E-state index in [4.69, 9.17) is 4.74 Å². The average molecular weight is 368 g/mol. The van der Waals surface area contributed by atoms with Crippen LogP contribution in [0.5, 0.6) is 0 Å². The summed E-state index contributed by atoms with van der Waals surface area (Å²) in [5.41, 5.74) is 0. The van der Waals surface area contributed by atoms with Gasteiger partial charge in [-0.15, -0.1) is 0 Å². The van der Waals surface area contributed by atoms with E-state index in [1.165, 1.54) is 71.1 Å². The monoisotopic (exact) mass is 367 g/mol. The zero-order valence-electron chi connectivity index (χ0n) is 16.7. The van der Waals surface area contributed by atoms with Crippen molar-refractivity contribution in [3.05, 3.63) is 0 Å². The van der Waals surface area contributed by atoms with Crippen LogP contribution in [0.3, 0.4) is 0 Å². The quantitative estimate of drug-likeness (QED) is 0.250. The Morgan fingerprint density at radius 2 is 1.48 bits per heavy atom. The Bertz CT molecular complexity index is 293. The zero-order valence-corrected chi connectivity index (χ0v) is 18.7. The summed E-state index contributed by atoms with van der Waals surface area (Å²) in [4.78, 5) is 10.5. The van der Waals surface area contributed by atoms with Crippen molar-refractivity contribution in [2.24, 2.45) is 0 Å². The molecule has 0 aliphatic heterocycles. The normalized spacial score (nSPS) is 13.2. The van der Waals surface area contributed by atoms with Gasteiger partial charge >= 0.3 is 29.6 Å². The molecule has 0 aromatic heterocycles. The van der Waals surface area contributed by atoms with Gasteiger partial charge in [0.05, 0.1) is 18.7 Å². The Morgan fingerprint density at radius 3 is 1.96 bits per heavy atom. The summed E-state index contributed by atoms with van der Waals surface area (Å²) in [5.74, 6) is -1.16. The number of carbonyl (C=O) groups excluding carboxylic acids is 1. The van der Waals surface area contributed by atoms with Crippen molar-refractivity contribution in [3.8, 4) is 0 Å². The first-order chi connectivity index (χ1) is 11.6. The third kappa shape index (κ3) is 20.5. The summed E-state index contributed by atoms with van der Waals surface area (Å²) < 4.78 is 5.42. The number of nitrogens with one attached hydrogen (secondary N) is 1. The second kappa shape index (κ2) is 20.7. The Hall–Kier alpha value is 0.350. The summed E-state index contributed by atoms with van der Waals surface area (Å²) in [7, 11) is 0. The fraction of sp³-hybridized carbons (Fsp3) is 0.947. The third-order valence-corrected chi connectivity index (χ3v) is 4.22. The van der Waals surface area contributed by atoms with Crippen molar-refractivity contribution >= 4 is 5.97 Å². The van der Waals surface area contributed by atoms with Crippen molar-refractivity contribution in [1.29, 1.82) is 0 Å². The fourth-order valence-electron chi connectivity index (χ4n) is 2.54. The Labute approximate surface area is 176 Å². The van der Waals surface area contributed by atoms with Gasteiger partial charge in [0, 0.05) is 19.2 Å². The first-order valence-corrected chi connectivity index (χ1v) is 9.78. The first-order valence-electron chi connectivity index (χ1n) is 9.78. The zero-order chi connectivity index (χ0) is 18.0. The summed E-state index contributed by atoms with van der Waals surface area (Å²) >= 11 is 0. The largest absolute Gasteiger partial charge is 1.00 e. The predicted octanol–water partition coefficient (Wildman–Crippen LogP) is -0.593. The SMILES string of the molecule is CCCCCCCCCCCCCOCC(O)CNC(C)C(=O)[O-].[Na+]. The number of ether oxygens (including phenoxy) is 1. The van der Waals surface area contributed by atoms with E-state index in [0.717, 1.165) is 6.42 Å². The van der Waals surface area contributed by atoms with Crippen molar-refractivity contribution in [3.63, 3.8) is 0 Å². The number of carbonyl (C=O) groups is 1. The van der Waals surface area contributed by atoms with Crippen LogP contribution in [-0.2, 0) is 9.53 Å². The smallest absolute Gasteiger partial charge is 0.548 e. The van der Waals surface area contributed by atoms with Crippen LogP contribution in [0.1, 0.15) is 84.5 Å². The number of aliphatic hydroxyl groups excluding tert-OH is 1. The second-order valence-electron chi connectivity index (χ2n) is 6.71. The number of unbranched alkanes of at least 4 members (excludes halogenated alkanes) is 10. The molecule has 0 aromatic carbocycles. The van der Waals surface area contributed by atoms with E-state index in [-0.39, 0.29) is 42.7 Å². The molecule has 0 amide bonds. The third-order valence-electron chi connectivity index (χ3n) is 4.22. The minimum absolute atomic E-state index is 0. The van der Waals surface area contributed by atoms with Crippen LogP contribution >= 0.6 is 0 Å². The maximum Gasteiger partial charge on any atom is 1.00 e. The van der Waals surface area contributed by atoms with E-state index < -0.39 is 18.1 Å². The molecule has 2 atom stereocenters. The van der Waals surface area contributed by atoms with Gasteiger partial charge in [-0.2, -0.15) is 0 Å². The van der Waals surface area contributed by atoms with Crippen LogP contribution in [0.15, 0.2) is 0 Å². The van der Waals surface area contributed by atoms with Gasteiger partial charge in [-0.3, -0.25) is 0 Å². The van der Waals surface area contributed by atoms with Gasteiger partial charge in [0.25, 0.3) is 0 Å². The molecule has 144 valence electrons. The molecule has 0 bridgehead atoms. The summed E-state index contributed by atoms with van der Waals surface area (Å²) in [5, 5.41) is 22.9. The number of hydrogen-bond donors (Lipinski definition) is 2. The van der Waals surface area contributed by atoms with E-state index in [2.05, 4.69) is 12.2 Å². The molecular weight excluding hydrogens is 329 g/mol. The number of aliphatic carboxylic acids is 1. The molecular formula is C19H38NNaO4. The summed E-state index contributed by atoms with van der Waals surface area (Å²) in [6.07, 6.45) is 13.6. The number of carboxylic acid groups (broad SMARTS) is 1. The molecule has 0 spiro atoms. The maximum atomic E-state index is 10.5. The first kappa shape index (κ1) is 27.6. The molecule has 0 aliphatic carbocycles. The van der Waals surface area contributed by atoms with E-state index >= 15 is 0 Å². The van der Waals surface area contributed by atoms with E-state index in [0.29, 0.717) is 6.61 Å². The molecule has 0 radical (unpaired) electrons. The van der Waals surface area contributed by atoms with Crippen molar-refractivity contribution in [2.45, 2.75) is 96.6 Å². The minimum atomic E-state index is -1.16. The van der Waals surface area contributed by atoms with Gasteiger partial charge in [-0.1, -0.05) is 71.1 Å². The topological polar surface area (TPSA) is 81.6 Å². The number of aliphatic hydroxyl groups is 1. The van der Waals surface area contributed by atoms with Crippen molar-refractivity contribution < 1.29 is 49.3 Å². The minimum Gasteiger partial charge on any atom is -0.548 e. The second-order valence-corrected chi connectivity index (χ2v) is 6.71. The Morgan fingerprint density at radius 1 is 1.00 bits per heavy atom. The van der Waals surface area contributed by atoms with Crippen LogP contribution in [0.2, 0.25) is 0 Å². The Balaban J connectivity index is 0. The maximum absolute atomic E-state index is 10.5. The van der Waals surface area contributed by atoms with Gasteiger partial charge in [0.2, 0.25) is 0 Å². The van der Waals surface area contributed by atoms with E-state index in [1.807, 2.05) is 0 Å². The number of rotatable bonds is 18. The van der Waals surface area contributed by atoms with Crippen LogP contribution in [0, 0.1) is 0 Å². The van der Waals surface area contributed by atoms with Gasteiger partial charge in [-0.25, -0.2) is 0 Å². The van der Waals surface area contributed by atoms with Gasteiger partial charge in [-0.05, 0) is 13.3 Å². The van der Waals surface area contributed by atoms with E-state index in [1.54, 1.807) is 0 Å². The molecule has 2 unspecified atom stereocenters. The molecule has 0 rings (SSSR count). The molecule has 25 heavy (non-hydrogen) atoms. The molecule has 2 N–H and O–H groups in total. The number of carboxylic acids is 1. The standard InChI is InChI=1S/C19H39NO4.Na/c1-3-4-5-6-7-8-9-10-11-12-13-14-24-16-18(21)15-20-17(2)19(22)23;/h17-18,20-21H,3-16H2,1-2H3,(H,22,23);/q;+1/p-1. The molecule has 0 fully saturated rings. The molecule has 5 nitrogen and oxygen atoms in total. The Kier molecular flexibility index (Phi) is 22.8. The molecule has 0 saturated carbocycles. The fourth-order valence-corrected chi connectivity index (χ4v) is 2.54. The van der Waals surface area contributed by atoms with Crippen molar-refractivity contribution in [1.82, 2.24) is 5.32 Å². The molecule has 0 aromatic rings. The van der Waals surface area contributed by atoms with Crippen molar-refractivity contribution in [2.75, 3.05) is 19.8 Å². The van der Waals surface area contributed by atoms with Crippen LogP contribution in [-0.4, -0.2) is 43.0 Å². The van der Waals surface area contributed by atoms with Crippen LogP contribution < -0.4 is 40.0 Å². The van der Waals surface area contributed by atoms with E-state index in [9.17, 15) is 15.0 Å². The molecule has 6 heteroatoms. The number of hydrogen-bond acceptors (Lipinski definition) is 5. The van der Waals surface area contributed by atoms with Gasteiger partial charge < -0.3 is 25.1 Å². The van der Waals surface area contributed by atoms with Gasteiger partial charge in [0.1, 0.15) is 0 Å². The van der Waals surface area contributed by atoms with Crippen LogP contribution in [0.4, 0.5) is 0 Å². The van der Waals surface area contributed by atoms with Gasteiger partial charge in [0.15, 0.2) is 0 Å². The molecule has 0 heterocycles. The molecule has 0 saturated heterocycles. The average Bonchev–Trinajstić information content (AvgIpc) is 2.56. The van der Waals surface area contributed by atoms with Crippen LogP contribution in [0.25, 0.3) is 0 Å². The predicted molar refractivity (Wildman–Crippen MR) is 95.8 cm³/mol. The summed E-state index contributed by atoms with van der Waals surface area (Å²) in [6.45, 7) is 4.84. The molecule has 0 aliphatic rings.